The van der Waals surface area contributed by atoms with Gasteiger partial charge >= 0.3 is 0 Å². The number of hydrogen-bond acceptors (Lipinski definition) is 2. The molecule has 106 valence electrons. The highest BCUT2D eigenvalue weighted by atomic mass is 16.3. The third kappa shape index (κ3) is 2.38. The van der Waals surface area contributed by atoms with Crippen molar-refractivity contribution in [3.05, 3.63) is 47.0 Å². The fourth-order valence-corrected chi connectivity index (χ4v) is 2.77. The first-order valence-electron chi connectivity index (χ1n) is 7.28. The molecule has 0 bridgehead atoms. The molecular weight excluding hydrogens is 248 g/mol. The Morgan fingerprint density at radius 2 is 1.50 bits per heavy atom. The van der Waals surface area contributed by atoms with Crippen LogP contribution < -0.4 is 0 Å². The molecule has 0 fully saturated rings. The van der Waals surface area contributed by atoms with E-state index in [0.29, 0.717) is 5.75 Å². The molecule has 0 aliphatic heterocycles. The van der Waals surface area contributed by atoms with Crippen LogP contribution in [0.25, 0.3) is 11.1 Å². The molecule has 0 saturated carbocycles. The minimum atomic E-state index is 0.264. The lowest BCUT2D eigenvalue weighted by atomic mass is 9.88. The van der Waals surface area contributed by atoms with Crippen LogP contribution in [0.1, 0.15) is 37.5 Å². The molecule has 2 aromatic rings. The Morgan fingerprint density at radius 1 is 0.850 bits per heavy atom. The summed E-state index contributed by atoms with van der Waals surface area (Å²) in [4.78, 5) is 0. The van der Waals surface area contributed by atoms with Gasteiger partial charge in [-0.15, -0.1) is 0 Å². The second-order valence-electron chi connectivity index (χ2n) is 4.97. The first-order chi connectivity index (χ1) is 9.63. The van der Waals surface area contributed by atoms with E-state index >= 15 is 0 Å². The Labute approximate surface area is 120 Å². The Morgan fingerprint density at radius 3 is 2.05 bits per heavy atom. The molecule has 2 heteroatoms. The summed E-state index contributed by atoms with van der Waals surface area (Å²) in [6.45, 7) is 6.19. The van der Waals surface area contributed by atoms with Crippen LogP contribution in [0.4, 0.5) is 0 Å². The molecule has 0 heterocycles. The lowest BCUT2D eigenvalue weighted by Gasteiger charge is -2.18. The Hall–Kier alpha value is -1.96. The standard InChI is InChI=1S/C18H22O2/c1-4-12-11-13(5-2)18(20)14(6-3)17(12)15-9-7-8-10-16(15)19/h7-11,19-20H,4-6H2,1-3H3. The van der Waals surface area contributed by atoms with Crippen LogP contribution >= 0.6 is 0 Å². The maximum atomic E-state index is 10.5. The molecule has 0 aliphatic rings. The molecule has 0 spiro atoms. The van der Waals surface area contributed by atoms with Crippen molar-refractivity contribution in [3.63, 3.8) is 0 Å². The van der Waals surface area contributed by atoms with Crippen molar-refractivity contribution in [2.75, 3.05) is 0 Å². The average Bonchev–Trinajstić information content (AvgIpc) is 2.47. The minimum absolute atomic E-state index is 0.264. The fraction of sp³-hybridized carbons (Fsp3) is 0.333. The van der Waals surface area contributed by atoms with E-state index in [4.69, 9.17) is 0 Å². The molecule has 0 amide bonds. The van der Waals surface area contributed by atoms with Gasteiger partial charge in [0.05, 0.1) is 0 Å². The smallest absolute Gasteiger partial charge is 0.123 e. The van der Waals surface area contributed by atoms with Crippen molar-refractivity contribution in [3.8, 4) is 22.6 Å². The maximum absolute atomic E-state index is 10.5. The second kappa shape index (κ2) is 6.00. The third-order valence-corrected chi connectivity index (χ3v) is 3.85. The Balaban J connectivity index is 2.80. The first kappa shape index (κ1) is 14.4. The van der Waals surface area contributed by atoms with E-state index in [9.17, 15) is 10.2 Å². The monoisotopic (exact) mass is 270 g/mol. The van der Waals surface area contributed by atoms with Gasteiger partial charge in [0.1, 0.15) is 11.5 Å². The third-order valence-electron chi connectivity index (χ3n) is 3.85. The van der Waals surface area contributed by atoms with Gasteiger partial charge in [-0.3, -0.25) is 0 Å². The van der Waals surface area contributed by atoms with E-state index in [0.717, 1.165) is 41.5 Å². The van der Waals surface area contributed by atoms with E-state index in [1.807, 2.05) is 32.0 Å². The molecule has 0 saturated heterocycles. The number of phenols is 2. The van der Waals surface area contributed by atoms with E-state index < -0.39 is 0 Å². The summed E-state index contributed by atoms with van der Waals surface area (Å²) in [6, 6.07) is 9.40. The summed E-state index contributed by atoms with van der Waals surface area (Å²) in [5.74, 6) is 0.644. The zero-order chi connectivity index (χ0) is 14.7. The minimum Gasteiger partial charge on any atom is -0.507 e. The largest absolute Gasteiger partial charge is 0.507 e. The molecule has 2 N–H and O–H groups in total. The highest BCUT2D eigenvalue weighted by Gasteiger charge is 2.18. The summed E-state index contributed by atoms with van der Waals surface area (Å²) >= 11 is 0. The van der Waals surface area contributed by atoms with Crippen LogP contribution in [0.15, 0.2) is 30.3 Å². The van der Waals surface area contributed by atoms with Crippen molar-refractivity contribution in [2.24, 2.45) is 0 Å². The molecule has 20 heavy (non-hydrogen) atoms. The summed E-state index contributed by atoms with van der Waals surface area (Å²) in [5, 5.41) is 20.6. The molecule has 0 unspecified atom stereocenters. The van der Waals surface area contributed by atoms with Gasteiger partial charge in [-0.05, 0) is 42.0 Å². The van der Waals surface area contributed by atoms with Crippen molar-refractivity contribution in [1.29, 1.82) is 0 Å². The molecule has 2 nitrogen and oxygen atoms in total. The molecule has 2 aromatic carbocycles. The van der Waals surface area contributed by atoms with E-state index in [2.05, 4.69) is 13.0 Å². The van der Waals surface area contributed by atoms with Gasteiger partial charge in [0.25, 0.3) is 0 Å². The Kier molecular flexibility index (Phi) is 4.33. The number of rotatable bonds is 4. The van der Waals surface area contributed by atoms with Gasteiger partial charge in [0.2, 0.25) is 0 Å². The molecule has 2 rings (SSSR count). The van der Waals surface area contributed by atoms with Gasteiger partial charge in [-0.25, -0.2) is 0 Å². The average molecular weight is 270 g/mol. The van der Waals surface area contributed by atoms with Gasteiger partial charge < -0.3 is 10.2 Å². The van der Waals surface area contributed by atoms with Crippen molar-refractivity contribution in [1.82, 2.24) is 0 Å². The summed E-state index contributed by atoms with van der Waals surface area (Å²) in [7, 11) is 0. The molecular formula is C18H22O2. The van der Waals surface area contributed by atoms with Crippen molar-refractivity contribution in [2.45, 2.75) is 40.0 Å². The Bertz CT molecular complexity index is 615. The second-order valence-corrected chi connectivity index (χ2v) is 4.97. The molecule has 0 radical (unpaired) electrons. The lowest BCUT2D eigenvalue weighted by Crippen LogP contribution is -1.99. The maximum Gasteiger partial charge on any atom is 0.123 e. The number of phenolic OH excluding ortho intramolecular Hbond substituents is 2. The van der Waals surface area contributed by atoms with Gasteiger partial charge in [-0.1, -0.05) is 45.0 Å². The number of para-hydroxylation sites is 1. The van der Waals surface area contributed by atoms with Crippen LogP contribution in [-0.4, -0.2) is 10.2 Å². The quantitative estimate of drug-likeness (QED) is 0.861. The number of benzene rings is 2. The highest BCUT2D eigenvalue weighted by Crippen LogP contribution is 2.40. The number of hydrogen-bond donors (Lipinski definition) is 2. The first-order valence-corrected chi connectivity index (χ1v) is 7.28. The number of aryl methyl sites for hydroxylation is 2. The zero-order valence-corrected chi connectivity index (χ0v) is 12.4. The topological polar surface area (TPSA) is 40.5 Å². The van der Waals surface area contributed by atoms with Crippen LogP contribution in [0, 0.1) is 0 Å². The number of aromatic hydroxyl groups is 2. The fourth-order valence-electron chi connectivity index (χ4n) is 2.77. The highest BCUT2D eigenvalue weighted by molar-refractivity contribution is 5.79. The van der Waals surface area contributed by atoms with Crippen molar-refractivity contribution >= 4 is 0 Å². The van der Waals surface area contributed by atoms with E-state index in [1.165, 1.54) is 5.56 Å². The summed E-state index contributed by atoms with van der Waals surface area (Å²) in [5.41, 5.74) is 4.89. The SMILES string of the molecule is CCc1cc(CC)c(-c2ccccc2O)c(CC)c1O. The normalized spacial score (nSPS) is 10.8. The van der Waals surface area contributed by atoms with Crippen LogP contribution in [-0.2, 0) is 19.3 Å². The molecule has 0 atom stereocenters. The van der Waals surface area contributed by atoms with Crippen LogP contribution in [0.2, 0.25) is 0 Å². The summed E-state index contributed by atoms with van der Waals surface area (Å²) < 4.78 is 0. The van der Waals surface area contributed by atoms with Crippen molar-refractivity contribution < 1.29 is 10.2 Å². The molecule has 0 aromatic heterocycles. The summed E-state index contributed by atoms with van der Waals surface area (Å²) in [6.07, 6.45) is 2.44. The van der Waals surface area contributed by atoms with Gasteiger partial charge in [-0.2, -0.15) is 0 Å². The predicted molar refractivity (Wildman–Crippen MR) is 83.3 cm³/mol. The van der Waals surface area contributed by atoms with E-state index in [1.54, 1.807) is 6.07 Å². The van der Waals surface area contributed by atoms with Crippen LogP contribution in [0.3, 0.4) is 0 Å². The molecule has 0 aliphatic carbocycles. The van der Waals surface area contributed by atoms with E-state index in [-0.39, 0.29) is 5.75 Å². The van der Waals surface area contributed by atoms with Crippen LogP contribution in [0.5, 0.6) is 11.5 Å². The van der Waals surface area contributed by atoms with Gasteiger partial charge in [0.15, 0.2) is 0 Å². The lowest BCUT2D eigenvalue weighted by molar-refractivity contribution is 0.462. The predicted octanol–water partition coefficient (Wildman–Crippen LogP) is 4.45. The zero-order valence-electron chi connectivity index (χ0n) is 12.4. The van der Waals surface area contributed by atoms with Gasteiger partial charge in [0, 0.05) is 11.1 Å².